The summed E-state index contributed by atoms with van der Waals surface area (Å²) in [5.74, 6) is 1.12. The lowest BCUT2D eigenvalue weighted by atomic mass is 10.1. The van der Waals surface area contributed by atoms with E-state index in [1.165, 1.54) is 21.6 Å². The summed E-state index contributed by atoms with van der Waals surface area (Å²) < 4.78 is 0. The topological polar surface area (TPSA) is 36.4 Å². The van der Waals surface area contributed by atoms with E-state index < -0.39 is 0 Å². The van der Waals surface area contributed by atoms with E-state index in [9.17, 15) is 4.79 Å². The molecule has 1 saturated heterocycles. The molecule has 0 bridgehead atoms. The summed E-state index contributed by atoms with van der Waals surface area (Å²) in [6.45, 7) is 8.70. The van der Waals surface area contributed by atoms with Gasteiger partial charge < -0.3 is 4.90 Å². The van der Waals surface area contributed by atoms with Gasteiger partial charge >= 0.3 is 0 Å². The monoisotopic (exact) mass is 369 g/mol. The molecule has 0 saturated carbocycles. The second-order valence-corrected chi connectivity index (χ2v) is 8.03. The van der Waals surface area contributed by atoms with Gasteiger partial charge in [-0.25, -0.2) is 0 Å². The average Bonchev–Trinajstić information content (AvgIpc) is 2.66. The van der Waals surface area contributed by atoms with Crippen LogP contribution in [0.15, 0.2) is 47.6 Å². The van der Waals surface area contributed by atoms with Gasteiger partial charge in [0, 0.05) is 62.2 Å². The number of rotatable bonds is 6. The number of aryl methyl sites for hydroxylation is 2. The van der Waals surface area contributed by atoms with Gasteiger partial charge in [0.1, 0.15) is 0 Å². The molecule has 1 aliphatic heterocycles. The van der Waals surface area contributed by atoms with Crippen LogP contribution >= 0.6 is 11.8 Å². The molecule has 5 heteroatoms. The van der Waals surface area contributed by atoms with Crippen molar-refractivity contribution in [2.24, 2.45) is 0 Å². The van der Waals surface area contributed by atoms with Crippen molar-refractivity contribution < 1.29 is 4.79 Å². The van der Waals surface area contributed by atoms with Gasteiger partial charge in [-0.15, -0.1) is 11.8 Å². The molecule has 1 aromatic heterocycles. The van der Waals surface area contributed by atoms with Crippen molar-refractivity contribution in [2.45, 2.75) is 31.7 Å². The molecule has 0 aliphatic carbocycles. The molecule has 0 radical (unpaired) electrons. The zero-order valence-corrected chi connectivity index (χ0v) is 16.5. The van der Waals surface area contributed by atoms with Gasteiger partial charge in [0.2, 0.25) is 5.91 Å². The number of amides is 1. The molecule has 2 aromatic rings. The molecular weight excluding hydrogens is 342 g/mol. The number of carbonyl (C=O) groups is 1. The Morgan fingerprint density at radius 1 is 1.12 bits per heavy atom. The molecule has 0 atom stereocenters. The lowest BCUT2D eigenvalue weighted by Crippen LogP contribution is -2.48. The van der Waals surface area contributed by atoms with Crippen LogP contribution in [0.4, 0.5) is 0 Å². The highest BCUT2D eigenvalue weighted by Gasteiger charge is 2.20. The molecule has 1 aromatic carbocycles. The number of aromatic nitrogens is 1. The molecule has 26 heavy (non-hydrogen) atoms. The van der Waals surface area contributed by atoms with E-state index in [2.05, 4.69) is 48.0 Å². The van der Waals surface area contributed by atoms with Gasteiger partial charge in [-0.2, -0.15) is 0 Å². The molecule has 1 amide bonds. The molecule has 3 rings (SSSR count). The van der Waals surface area contributed by atoms with E-state index in [1.807, 2.05) is 17.2 Å². The number of benzene rings is 1. The standard InChI is InChI=1S/C21H27N3OS/c1-17-5-6-20(14-18(17)2)26-13-7-21(25)24-11-9-23(10-12-24)16-19-4-3-8-22-15-19/h3-6,8,14-15H,7,9-13,16H2,1-2H3. The fourth-order valence-corrected chi connectivity index (χ4v) is 4.06. The number of hydrogen-bond acceptors (Lipinski definition) is 4. The van der Waals surface area contributed by atoms with E-state index in [1.54, 1.807) is 18.0 Å². The Morgan fingerprint density at radius 2 is 1.92 bits per heavy atom. The van der Waals surface area contributed by atoms with Crippen LogP contribution in [-0.2, 0) is 11.3 Å². The molecule has 4 nitrogen and oxygen atoms in total. The summed E-state index contributed by atoms with van der Waals surface area (Å²) in [6, 6.07) is 10.6. The Balaban J connectivity index is 1.38. The van der Waals surface area contributed by atoms with E-state index in [0.29, 0.717) is 6.42 Å². The Labute approximate surface area is 160 Å². The minimum atomic E-state index is 0.280. The van der Waals surface area contributed by atoms with Crippen molar-refractivity contribution in [1.82, 2.24) is 14.8 Å². The SMILES string of the molecule is Cc1ccc(SCCC(=O)N2CCN(Cc3cccnc3)CC2)cc1C. The first kappa shape index (κ1) is 18.9. The second kappa shape index (κ2) is 9.19. The van der Waals surface area contributed by atoms with Crippen molar-refractivity contribution in [1.29, 1.82) is 0 Å². The maximum atomic E-state index is 12.5. The fourth-order valence-electron chi connectivity index (χ4n) is 3.12. The predicted octanol–water partition coefficient (Wildman–Crippen LogP) is 3.53. The van der Waals surface area contributed by atoms with E-state index in [4.69, 9.17) is 0 Å². The van der Waals surface area contributed by atoms with Crippen LogP contribution in [0.5, 0.6) is 0 Å². The third kappa shape index (κ3) is 5.32. The van der Waals surface area contributed by atoms with Gasteiger partial charge in [-0.3, -0.25) is 14.7 Å². The smallest absolute Gasteiger partial charge is 0.223 e. The Kier molecular flexibility index (Phi) is 6.69. The number of piperazine rings is 1. The van der Waals surface area contributed by atoms with Crippen LogP contribution < -0.4 is 0 Å². The minimum absolute atomic E-state index is 0.280. The van der Waals surface area contributed by atoms with Crippen LogP contribution in [0.25, 0.3) is 0 Å². The van der Waals surface area contributed by atoms with Crippen molar-refractivity contribution >= 4 is 17.7 Å². The maximum absolute atomic E-state index is 12.5. The quantitative estimate of drug-likeness (QED) is 0.730. The second-order valence-electron chi connectivity index (χ2n) is 6.86. The number of pyridine rings is 1. The van der Waals surface area contributed by atoms with Crippen LogP contribution in [0, 0.1) is 13.8 Å². The molecule has 0 spiro atoms. The summed E-state index contributed by atoms with van der Waals surface area (Å²) in [4.78, 5) is 22.3. The molecule has 1 fully saturated rings. The van der Waals surface area contributed by atoms with Gasteiger partial charge in [0.15, 0.2) is 0 Å². The summed E-state index contributed by atoms with van der Waals surface area (Å²) in [5, 5.41) is 0. The predicted molar refractivity (Wildman–Crippen MR) is 107 cm³/mol. The van der Waals surface area contributed by atoms with Crippen LogP contribution in [0.2, 0.25) is 0 Å². The molecule has 2 heterocycles. The highest BCUT2D eigenvalue weighted by molar-refractivity contribution is 7.99. The molecule has 138 valence electrons. The van der Waals surface area contributed by atoms with Crippen LogP contribution in [-0.4, -0.2) is 52.6 Å². The molecule has 0 N–H and O–H groups in total. The zero-order chi connectivity index (χ0) is 18.4. The first-order valence-electron chi connectivity index (χ1n) is 9.21. The third-order valence-corrected chi connectivity index (χ3v) is 5.91. The van der Waals surface area contributed by atoms with Crippen LogP contribution in [0.1, 0.15) is 23.1 Å². The zero-order valence-electron chi connectivity index (χ0n) is 15.6. The largest absolute Gasteiger partial charge is 0.340 e. The van der Waals surface area contributed by atoms with Gasteiger partial charge in [0.25, 0.3) is 0 Å². The lowest BCUT2D eigenvalue weighted by Gasteiger charge is -2.34. The highest BCUT2D eigenvalue weighted by Crippen LogP contribution is 2.22. The Hall–Kier alpha value is -1.85. The average molecular weight is 370 g/mol. The van der Waals surface area contributed by atoms with Crippen LogP contribution in [0.3, 0.4) is 0 Å². The first-order valence-corrected chi connectivity index (χ1v) is 10.2. The van der Waals surface area contributed by atoms with E-state index in [0.717, 1.165) is 38.5 Å². The van der Waals surface area contributed by atoms with Crippen molar-refractivity contribution in [3.05, 3.63) is 59.4 Å². The first-order chi connectivity index (χ1) is 12.6. The lowest BCUT2D eigenvalue weighted by molar-refractivity contribution is -0.132. The summed E-state index contributed by atoms with van der Waals surface area (Å²) in [6.07, 6.45) is 4.33. The van der Waals surface area contributed by atoms with Crippen molar-refractivity contribution in [3.8, 4) is 0 Å². The number of hydrogen-bond donors (Lipinski definition) is 0. The van der Waals surface area contributed by atoms with Gasteiger partial charge in [-0.05, 0) is 48.7 Å². The summed E-state index contributed by atoms with van der Waals surface area (Å²) in [5.41, 5.74) is 3.86. The number of thioether (sulfide) groups is 1. The normalized spacial score (nSPS) is 15.2. The third-order valence-electron chi connectivity index (χ3n) is 4.92. The van der Waals surface area contributed by atoms with E-state index >= 15 is 0 Å². The maximum Gasteiger partial charge on any atom is 0.223 e. The fraction of sp³-hybridized carbons (Fsp3) is 0.429. The van der Waals surface area contributed by atoms with E-state index in [-0.39, 0.29) is 5.91 Å². The minimum Gasteiger partial charge on any atom is -0.340 e. The Morgan fingerprint density at radius 3 is 2.62 bits per heavy atom. The molecule has 0 unspecified atom stereocenters. The van der Waals surface area contributed by atoms with Gasteiger partial charge in [0.05, 0.1) is 0 Å². The highest BCUT2D eigenvalue weighted by atomic mass is 32.2. The van der Waals surface area contributed by atoms with Gasteiger partial charge in [-0.1, -0.05) is 12.1 Å². The number of nitrogens with zero attached hydrogens (tertiary/aromatic N) is 3. The molecule has 1 aliphatic rings. The van der Waals surface area contributed by atoms with Crippen molar-refractivity contribution in [2.75, 3.05) is 31.9 Å². The Bertz CT molecular complexity index is 727. The summed E-state index contributed by atoms with van der Waals surface area (Å²) in [7, 11) is 0. The number of carbonyl (C=O) groups excluding carboxylic acids is 1. The summed E-state index contributed by atoms with van der Waals surface area (Å²) >= 11 is 1.77. The van der Waals surface area contributed by atoms with Crippen molar-refractivity contribution in [3.63, 3.8) is 0 Å². The molecular formula is C21H27N3OS.